The Bertz CT molecular complexity index is 501. The van der Waals surface area contributed by atoms with Crippen molar-refractivity contribution in [2.24, 2.45) is 5.16 Å². The van der Waals surface area contributed by atoms with Crippen LogP contribution in [0.15, 0.2) is 29.4 Å². The Kier molecular flexibility index (Phi) is 6.86. The molecule has 1 heterocycles. The Hall–Kier alpha value is -1.59. The molecule has 1 N–H and O–H groups in total. The third-order valence-electron chi connectivity index (χ3n) is 4.16. The Morgan fingerprint density at radius 1 is 1.35 bits per heavy atom. The van der Waals surface area contributed by atoms with E-state index in [1.165, 1.54) is 0 Å². The number of aliphatic hydroxyl groups is 1. The highest BCUT2D eigenvalue weighted by Crippen LogP contribution is 2.20. The lowest BCUT2D eigenvalue weighted by atomic mass is 10.0. The van der Waals surface area contributed by atoms with Crippen LogP contribution in [0.4, 0.5) is 0 Å². The number of hydrogen-bond donors (Lipinski definition) is 1. The topological polar surface area (TPSA) is 54.3 Å². The SMILES string of the molecule is CCCC(O)CN(CC)CC1CC(c2ccc(OC)cc2)=NO1. The predicted octanol–water partition coefficient (Wildman–Crippen LogP) is 2.67. The van der Waals surface area contributed by atoms with Crippen molar-refractivity contribution in [3.63, 3.8) is 0 Å². The summed E-state index contributed by atoms with van der Waals surface area (Å²) < 4.78 is 5.18. The molecule has 5 heteroatoms. The average molecular weight is 320 g/mol. The van der Waals surface area contributed by atoms with Crippen LogP contribution in [0.2, 0.25) is 0 Å². The smallest absolute Gasteiger partial charge is 0.145 e. The van der Waals surface area contributed by atoms with Gasteiger partial charge >= 0.3 is 0 Å². The molecule has 1 aromatic carbocycles. The highest BCUT2D eigenvalue weighted by Gasteiger charge is 2.24. The largest absolute Gasteiger partial charge is 0.497 e. The lowest BCUT2D eigenvalue weighted by molar-refractivity contribution is 0.0353. The van der Waals surface area contributed by atoms with E-state index in [0.29, 0.717) is 6.54 Å². The molecule has 1 aliphatic rings. The van der Waals surface area contributed by atoms with Crippen LogP contribution < -0.4 is 4.74 Å². The molecular weight excluding hydrogens is 292 g/mol. The van der Waals surface area contributed by atoms with Crippen molar-refractivity contribution < 1.29 is 14.7 Å². The summed E-state index contributed by atoms with van der Waals surface area (Å²) in [5.41, 5.74) is 2.05. The van der Waals surface area contributed by atoms with Crippen LogP contribution in [0.3, 0.4) is 0 Å². The van der Waals surface area contributed by atoms with Gasteiger partial charge in [0, 0.05) is 19.5 Å². The standard InChI is InChI=1S/C18H28N2O3/c1-4-6-15(21)12-20(5-2)13-17-11-18(19-23-17)14-7-9-16(22-3)10-8-14/h7-10,15,17,21H,4-6,11-13H2,1-3H3. The van der Waals surface area contributed by atoms with E-state index in [2.05, 4.69) is 23.9 Å². The van der Waals surface area contributed by atoms with Crippen molar-refractivity contribution in [1.29, 1.82) is 0 Å². The monoisotopic (exact) mass is 320 g/mol. The number of aliphatic hydroxyl groups excluding tert-OH is 1. The summed E-state index contributed by atoms with van der Waals surface area (Å²) >= 11 is 0. The average Bonchev–Trinajstić information content (AvgIpc) is 3.03. The molecule has 0 radical (unpaired) electrons. The number of hydrogen-bond acceptors (Lipinski definition) is 5. The van der Waals surface area contributed by atoms with Crippen molar-refractivity contribution >= 4 is 5.71 Å². The van der Waals surface area contributed by atoms with Crippen LogP contribution in [0, 0.1) is 0 Å². The van der Waals surface area contributed by atoms with Gasteiger partial charge in [0.15, 0.2) is 0 Å². The molecule has 1 aromatic rings. The van der Waals surface area contributed by atoms with Gasteiger partial charge < -0.3 is 14.7 Å². The number of ether oxygens (including phenoxy) is 1. The molecule has 128 valence electrons. The van der Waals surface area contributed by atoms with Crippen LogP contribution in [0.1, 0.15) is 38.7 Å². The maximum absolute atomic E-state index is 9.98. The second-order valence-electron chi connectivity index (χ2n) is 5.99. The van der Waals surface area contributed by atoms with E-state index in [9.17, 15) is 5.11 Å². The van der Waals surface area contributed by atoms with Gasteiger partial charge in [-0.1, -0.05) is 25.4 Å². The van der Waals surface area contributed by atoms with Gasteiger partial charge in [0.25, 0.3) is 0 Å². The minimum absolute atomic E-state index is 0.0564. The summed E-state index contributed by atoms with van der Waals surface area (Å²) in [5.74, 6) is 0.840. The van der Waals surface area contributed by atoms with Crippen LogP contribution in [0.5, 0.6) is 5.75 Å². The molecule has 0 aromatic heterocycles. The number of benzene rings is 1. The van der Waals surface area contributed by atoms with E-state index in [-0.39, 0.29) is 12.2 Å². The summed E-state index contributed by atoms with van der Waals surface area (Å²) in [6, 6.07) is 7.88. The normalized spacial score (nSPS) is 18.7. The minimum atomic E-state index is -0.261. The van der Waals surface area contributed by atoms with E-state index < -0.39 is 0 Å². The predicted molar refractivity (Wildman–Crippen MR) is 92.0 cm³/mol. The highest BCUT2D eigenvalue weighted by atomic mass is 16.6. The van der Waals surface area contributed by atoms with Crippen LogP contribution >= 0.6 is 0 Å². The summed E-state index contributed by atoms with van der Waals surface area (Å²) in [7, 11) is 1.66. The number of nitrogens with zero attached hydrogens (tertiary/aromatic N) is 2. The molecule has 23 heavy (non-hydrogen) atoms. The molecule has 0 aliphatic carbocycles. The van der Waals surface area contributed by atoms with Gasteiger partial charge in [-0.2, -0.15) is 0 Å². The van der Waals surface area contributed by atoms with E-state index in [4.69, 9.17) is 9.57 Å². The molecule has 0 spiro atoms. The minimum Gasteiger partial charge on any atom is -0.497 e. The van der Waals surface area contributed by atoms with Gasteiger partial charge in [-0.15, -0.1) is 0 Å². The molecule has 0 fully saturated rings. The fourth-order valence-corrected chi connectivity index (χ4v) is 2.82. The van der Waals surface area contributed by atoms with Crippen molar-refractivity contribution in [3.8, 4) is 5.75 Å². The second-order valence-corrected chi connectivity index (χ2v) is 5.99. The number of methoxy groups -OCH3 is 1. The number of oxime groups is 1. The van der Waals surface area contributed by atoms with Crippen molar-refractivity contribution in [2.75, 3.05) is 26.7 Å². The third kappa shape index (κ3) is 5.22. The summed E-state index contributed by atoms with van der Waals surface area (Å²) in [6.07, 6.45) is 2.44. The van der Waals surface area contributed by atoms with E-state index in [1.807, 2.05) is 24.3 Å². The zero-order chi connectivity index (χ0) is 16.7. The van der Waals surface area contributed by atoms with Crippen LogP contribution in [0.25, 0.3) is 0 Å². The lowest BCUT2D eigenvalue weighted by Crippen LogP contribution is -2.38. The van der Waals surface area contributed by atoms with E-state index >= 15 is 0 Å². The van der Waals surface area contributed by atoms with Crippen LogP contribution in [-0.2, 0) is 4.84 Å². The zero-order valence-corrected chi connectivity index (χ0v) is 14.4. The Balaban J connectivity index is 1.85. The maximum atomic E-state index is 9.98. The first-order valence-corrected chi connectivity index (χ1v) is 8.43. The summed E-state index contributed by atoms with van der Waals surface area (Å²) in [6.45, 7) is 6.59. The van der Waals surface area contributed by atoms with Gasteiger partial charge in [-0.3, -0.25) is 4.90 Å². The van der Waals surface area contributed by atoms with E-state index in [1.54, 1.807) is 7.11 Å². The first-order valence-electron chi connectivity index (χ1n) is 8.43. The fraction of sp³-hybridized carbons (Fsp3) is 0.611. The molecule has 2 rings (SSSR count). The summed E-state index contributed by atoms with van der Waals surface area (Å²) in [5, 5.41) is 14.2. The first kappa shape index (κ1) is 17.8. The second kappa shape index (κ2) is 8.89. The van der Waals surface area contributed by atoms with Gasteiger partial charge in [0.2, 0.25) is 0 Å². The number of rotatable bonds is 9. The quantitative estimate of drug-likeness (QED) is 0.760. The van der Waals surface area contributed by atoms with E-state index in [0.717, 1.165) is 49.4 Å². The van der Waals surface area contributed by atoms with Crippen molar-refractivity contribution in [1.82, 2.24) is 4.90 Å². The molecule has 2 atom stereocenters. The molecular formula is C18H28N2O3. The fourth-order valence-electron chi connectivity index (χ4n) is 2.82. The highest BCUT2D eigenvalue weighted by molar-refractivity contribution is 6.01. The van der Waals surface area contributed by atoms with Gasteiger partial charge in [-0.25, -0.2) is 0 Å². The molecule has 0 amide bonds. The molecule has 0 saturated carbocycles. The summed E-state index contributed by atoms with van der Waals surface area (Å²) in [4.78, 5) is 7.82. The molecule has 2 unspecified atom stereocenters. The van der Waals surface area contributed by atoms with Crippen molar-refractivity contribution in [2.45, 2.75) is 45.3 Å². The molecule has 5 nitrogen and oxygen atoms in total. The lowest BCUT2D eigenvalue weighted by Gasteiger charge is -2.25. The van der Waals surface area contributed by atoms with Crippen LogP contribution in [-0.4, -0.2) is 54.7 Å². The zero-order valence-electron chi connectivity index (χ0n) is 14.4. The first-order chi connectivity index (χ1) is 11.2. The Morgan fingerprint density at radius 2 is 2.09 bits per heavy atom. The third-order valence-corrected chi connectivity index (χ3v) is 4.16. The maximum Gasteiger partial charge on any atom is 0.145 e. The Labute approximate surface area is 138 Å². The van der Waals surface area contributed by atoms with Crippen molar-refractivity contribution in [3.05, 3.63) is 29.8 Å². The molecule has 0 bridgehead atoms. The molecule has 1 aliphatic heterocycles. The van der Waals surface area contributed by atoms with Gasteiger partial charge in [0.05, 0.1) is 18.9 Å². The number of likely N-dealkylation sites (N-methyl/N-ethyl adjacent to an activating group) is 1. The Morgan fingerprint density at radius 3 is 2.70 bits per heavy atom. The van der Waals surface area contributed by atoms with Gasteiger partial charge in [-0.05, 0) is 42.8 Å². The van der Waals surface area contributed by atoms with Gasteiger partial charge in [0.1, 0.15) is 11.9 Å². The molecule has 0 saturated heterocycles.